The van der Waals surface area contributed by atoms with Gasteiger partial charge in [-0.1, -0.05) is 0 Å². The van der Waals surface area contributed by atoms with Crippen molar-refractivity contribution in [1.29, 1.82) is 0 Å². The van der Waals surface area contributed by atoms with Crippen LogP contribution in [0.3, 0.4) is 0 Å². The zero-order valence-electron chi connectivity index (χ0n) is 12.9. The average molecular weight is 303 g/mol. The summed E-state index contributed by atoms with van der Waals surface area (Å²) in [5.41, 5.74) is 2.98. The second-order valence-electron chi connectivity index (χ2n) is 5.36. The van der Waals surface area contributed by atoms with Gasteiger partial charge in [0, 0.05) is 11.3 Å². The van der Waals surface area contributed by atoms with E-state index in [1.807, 2.05) is 0 Å². The molecule has 2 aromatic rings. The molecule has 0 atom stereocenters. The van der Waals surface area contributed by atoms with Gasteiger partial charge in [0.2, 0.25) is 0 Å². The van der Waals surface area contributed by atoms with E-state index in [0.29, 0.717) is 46.3 Å². The van der Waals surface area contributed by atoms with Gasteiger partial charge in [0.25, 0.3) is 11.4 Å². The van der Waals surface area contributed by atoms with Gasteiger partial charge in [-0.05, 0) is 38.0 Å². The normalized spacial score (nSPS) is 13.0. The van der Waals surface area contributed by atoms with Gasteiger partial charge in [-0.25, -0.2) is 0 Å². The Bertz CT molecular complexity index is 796. The molecule has 1 aliphatic carbocycles. The van der Waals surface area contributed by atoms with Crippen molar-refractivity contribution in [1.82, 2.24) is 4.73 Å². The van der Waals surface area contributed by atoms with Crippen LogP contribution in [0.1, 0.15) is 23.5 Å². The third-order valence-corrected chi connectivity index (χ3v) is 4.18. The fourth-order valence-corrected chi connectivity index (χ4v) is 3.05. The molecule has 0 unspecified atom stereocenters. The van der Waals surface area contributed by atoms with E-state index in [9.17, 15) is 10.1 Å². The van der Waals surface area contributed by atoms with E-state index in [0.717, 1.165) is 22.0 Å². The fraction of sp³-hybridized carbons (Fsp3) is 0.375. The van der Waals surface area contributed by atoms with E-state index in [4.69, 9.17) is 9.47 Å². The van der Waals surface area contributed by atoms with E-state index in [1.165, 1.54) is 0 Å². The first-order valence-electron chi connectivity index (χ1n) is 7.20. The maximum atomic E-state index is 12.7. The van der Waals surface area contributed by atoms with Gasteiger partial charge in [-0.15, -0.1) is 0 Å². The second-order valence-corrected chi connectivity index (χ2v) is 5.36. The first-order chi connectivity index (χ1) is 10.6. The maximum Gasteiger partial charge on any atom is 0.292 e. The lowest BCUT2D eigenvalue weighted by molar-refractivity contribution is -0.494. The van der Waals surface area contributed by atoms with Crippen molar-refractivity contribution in [2.45, 2.75) is 26.2 Å². The Balaban J connectivity index is 2.25. The van der Waals surface area contributed by atoms with Crippen LogP contribution in [-0.2, 0) is 12.8 Å². The molecule has 1 aliphatic rings. The number of hydrogen-bond acceptors (Lipinski definition) is 4. The smallest absolute Gasteiger partial charge is 0.292 e. The lowest BCUT2D eigenvalue weighted by atomic mass is 10.1. The molecule has 1 heterocycles. The number of aromatic nitrogens is 2. The number of nitrogens with zero attached hydrogens (tertiary/aromatic N) is 2. The van der Waals surface area contributed by atoms with E-state index in [1.54, 1.807) is 39.3 Å². The summed E-state index contributed by atoms with van der Waals surface area (Å²) in [6.07, 6.45) is 2.29. The summed E-state index contributed by atoms with van der Waals surface area (Å²) in [6.45, 7) is 1.74. The lowest BCUT2D eigenvalue weighted by Crippen LogP contribution is -2.29. The highest BCUT2D eigenvalue weighted by Gasteiger charge is 2.32. The molecule has 3 rings (SSSR count). The van der Waals surface area contributed by atoms with E-state index >= 15 is 0 Å². The third-order valence-electron chi connectivity index (χ3n) is 4.18. The number of benzene rings is 1. The minimum atomic E-state index is 0.434. The molecule has 0 radical (unpaired) electrons. The molecule has 0 bridgehead atoms. The SMILES string of the molecule is COc1ccc(-c2c(C)n(O)c3c([n+]2=O)CCC3)cc1OC. The summed E-state index contributed by atoms with van der Waals surface area (Å²) >= 11 is 0. The van der Waals surface area contributed by atoms with Crippen LogP contribution in [0.2, 0.25) is 0 Å². The molecule has 0 aliphatic heterocycles. The van der Waals surface area contributed by atoms with Gasteiger partial charge >= 0.3 is 0 Å². The molecule has 1 N–H and O–H groups in total. The monoisotopic (exact) mass is 303 g/mol. The first kappa shape index (κ1) is 14.4. The molecule has 116 valence electrons. The van der Waals surface area contributed by atoms with Crippen LogP contribution in [0.5, 0.6) is 11.5 Å². The Morgan fingerprint density at radius 3 is 2.59 bits per heavy atom. The standard InChI is InChI=1S/C16H19N2O4/c1-10-16(11-7-8-14(21-2)15(9-11)22-3)18(20)13-6-4-5-12(13)17(10)19/h7-9,19H,4-6H2,1-3H3/q+1. The van der Waals surface area contributed by atoms with Crippen LogP contribution in [-0.4, -0.2) is 24.2 Å². The molecule has 6 nitrogen and oxygen atoms in total. The maximum absolute atomic E-state index is 12.7. The number of ether oxygens (including phenoxy) is 2. The Hall–Kier alpha value is -2.50. The van der Waals surface area contributed by atoms with Gasteiger partial charge < -0.3 is 14.7 Å². The highest BCUT2D eigenvalue weighted by Crippen LogP contribution is 2.33. The highest BCUT2D eigenvalue weighted by molar-refractivity contribution is 5.63. The molecule has 0 saturated heterocycles. The largest absolute Gasteiger partial charge is 0.493 e. The Kier molecular flexibility index (Phi) is 3.52. The lowest BCUT2D eigenvalue weighted by Gasteiger charge is -2.10. The molecular formula is C16H19N2O4+. The zero-order valence-corrected chi connectivity index (χ0v) is 12.9. The molecule has 1 aromatic heterocycles. The summed E-state index contributed by atoms with van der Waals surface area (Å²) in [7, 11) is 3.11. The van der Waals surface area contributed by atoms with Crippen molar-refractivity contribution in [3.05, 3.63) is 40.2 Å². The fourth-order valence-electron chi connectivity index (χ4n) is 3.05. The van der Waals surface area contributed by atoms with Crippen LogP contribution >= 0.6 is 0 Å². The van der Waals surface area contributed by atoms with Crippen LogP contribution in [0.25, 0.3) is 11.3 Å². The predicted octanol–water partition coefficient (Wildman–Crippen LogP) is 2.12. The second kappa shape index (κ2) is 5.36. The Morgan fingerprint density at radius 2 is 1.91 bits per heavy atom. The van der Waals surface area contributed by atoms with Crippen molar-refractivity contribution in [2.24, 2.45) is 0 Å². The molecule has 1 aromatic carbocycles. The van der Waals surface area contributed by atoms with Crippen LogP contribution in [0.4, 0.5) is 0 Å². The molecule has 0 spiro atoms. The molecular weight excluding hydrogens is 284 g/mol. The van der Waals surface area contributed by atoms with Crippen LogP contribution < -0.4 is 13.9 Å². The molecule has 0 amide bonds. The number of hydrogen-bond donors (Lipinski definition) is 1. The van der Waals surface area contributed by atoms with Crippen molar-refractivity contribution in [2.75, 3.05) is 14.2 Å². The minimum Gasteiger partial charge on any atom is -0.493 e. The van der Waals surface area contributed by atoms with Crippen LogP contribution in [0.15, 0.2) is 18.2 Å². The number of methoxy groups -OCH3 is 2. The summed E-state index contributed by atoms with van der Waals surface area (Å²) in [5.74, 6) is 1.14. The van der Waals surface area contributed by atoms with Crippen LogP contribution in [0, 0.1) is 11.8 Å². The summed E-state index contributed by atoms with van der Waals surface area (Å²) < 4.78 is 12.6. The van der Waals surface area contributed by atoms with Gasteiger partial charge in [0.15, 0.2) is 11.5 Å². The van der Waals surface area contributed by atoms with E-state index in [-0.39, 0.29) is 0 Å². The molecule has 0 saturated carbocycles. The third kappa shape index (κ3) is 2.03. The zero-order chi connectivity index (χ0) is 15.9. The molecule has 0 fully saturated rings. The van der Waals surface area contributed by atoms with Crippen molar-refractivity contribution < 1.29 is 19.1 Å². The summed E-state index contributed by atoms with van der Waals surface area (Å²) in [6, 6.07) is 5.29. The Morgan fingerprint density at radius 1 is 1.18 bits per heavy atom. The van der Waals surface area contributed by atoms with Gasteiger partial charge in [0.05, 0.1) is 24.2 Å². The Labute approximate surface area is 128 Å². The van der Waals surface area contributed by atoms with Crippen molar-refractivity contribution in [3.63, 3.8) is 0 Å². The topological polar surface area (TPSA) is 66.6 Å². The molecule has 22 heavy (non-hydrogen) atoms. The van der Waals surface area contributed by atoms with E-state index < -0.39 is 0 Å². The predicted molar refractivity (Wildman–Crippen MR) is 80.3 cm³/mol. The van der Waals surface area contributed by atoms with E-state index in [2.05, 4.69) is 0 Å². The minimum absolute atomic E-state index is 0.434. The van der Waals surface area contributed by atoms with Crippen molar-refractivity contribution in [3.8, 4) is 22.8 Å². The van der Waals surface area contributed by atoms with Crippen molar-refractivity contribution >= 4 is 0 Å². The van der Waals surface area contributed by atoms with Gasteiger partial charge in [-0.2, -0.15) is 4.73 Å². The quantitative estimate of drug-likeness (QED) is 0.697. The number of rotatable bonds is 3. The van der Waals surface area contributed by atoms with Gasteiger partial charge in [0.1, 0.15) is 11.4 Å². The summed E-state index contributed by atoms with van der Waals surface area (Å²) in [5, 5.41) is 10.3. The number of fused-ring (bicyclic) bond motifs is 1. The first-order valence-corrected chi connectivity index (χ1v) is 7.20. The highest BCUT2D eigenvalue weighted by atomic mass is 16.5. The summed E-state index contributed by atoms with van der Waals surface area (Å²) in [4.78, 5) is 12.7. The average Bonchev–Trinajstić information content (AvgIpc) is 3.02. The van der Waals surface area contributed by atoms with Gasteiger partial charge in [-0.3, -0.25) is 0 Å². The molecule has 6 heteroatoms.